The molecule has 55 heavy (non-hydrogen) atoms. The van der Waals surface area contributed by atoms with Crippen molar-refractivity contribution in [3.05, 3.63) is 77.1 Å². The second kappa shape index (κ2) is 16.2. The molecule has 0 aliphatic carbocycles. The van der Waals surface area contributed by atoms with E-state index in [1.165, 1.54) is 50.5 Å². The van der Waals surface area contributed by atoms with E-state index in [9.17, 15) is 55.9 Å². The zero-order chi connectivity index (χ0) is 39.7. The van der Waals surface area contributed by atoms with Crippen molar-refractivity contribution in [3.63, 3.8) is 0 Å². The van der Waals surface area contributed by atoms with Gasteiger partial charge in [-0.25, -0.2) is 4.79 Å². The number of esters is 1. The number of phenolic OH excluding ortho intramolecular Hbond substituents is 5. The predicted molar refractivity (Wildman–Crippen MR) is 186 cm³/mol. The number of rotatable bonds is 10. The topological polar surface area (TPSA) is 288 Å². The number of methoxy groups -OCH3 is 1. The standard InChI is InChI=1S/C37H40O18/c1-15-34(55-27(42)8-5-16-3-6-18(38)7-4-16)31(46)33(48)36(51-15)50-14-26-29(44)30(45)32(47)37(54-26)53-25-13-20-21(40)11-19(39)12-23(20)52-35(25)17-9-22(41)28(43)24(10-17)49-2/h3-13,15,26,29-41,43-48H,14H2,1-2H3/p+1/b8-5+/t15-,26+,29+,30+,31-,32-,33+,34+,35?,36-,37-/m1/s1. The molecule has 0 bridgehead atoms. The van der Waals surface area contributed by atoms with Crippen LogP contribution < -0.4 is 4.74 Å². The minimum absolute atomic E-state index is 0.0440. The molecular formula is C37H41O18+. The van der Waals surface area contributed by atoms with Crippen molar-refractivity contribution in [1.82, 2.24) is 0 Å². The van der Waals surface area contributed by atoms with Gasteiger partial charge < -0.3 is 84.2 Å². The molecule has 3 aliphatic heterocycles. The molecule has 3 aromatic carbocycles. The molecule has 2 fully saturated rings. The first-order valence-corrected chi connectivity index (χ1v) is 16.9. The fourth-order valence-corrected chi connectivity index (χ4v) is 6.26. The Bertz CT molecular complexity index is 1910. The van der Waals surface area contributed by atoms with E-state index in [1.54, 1.807) is 12.1 Å². The minimum Gasteiger partial charge on any atom is -0.571 e. The van der Waals surface area contributed by atoms with Crippen LogP contribution in [0.25, 0.3) is 12.2 Å². The second-order valence-electron chi connectivity index (χ2n) is 13.0. The highest BCUT2D eigenvalue weighted by molar-refractivity contribution is 5.87. The lowest BCUT2D eigenvalue weighted by Gasteiger charge is -2.43. The van der Waals surface area contributed by atoms with Crippen molar-refractivity contribution in [2.45, 2.75) is 74.4 Å². The number of aliphatic hydroxyl groups excluding tert-OH is 5. The van der Waals surface area contributed by atoms with Gasteiger partial charge in [0.2, 0.25) is 12.0 Å². The summed E-state index contributed by atoms with van der Waals surface area (Å²) in [5.41, 5.74) is 0.868. The van der Waals surface area contributed by atoms with Gasteiger partial charge in [0.1, 0.15) is 59.4 Å². The van der Waals surface area contributed by atoms with Crippen LogP contribution in [0.3, 0.4) is 0 Å². The third kappa shape index (κ3) is 8.36. The van der Waals surface area contributed by atoms with Gasteiger partial charge in [0.25, 0.3) is 11.9 Å². The van der Waals surface area contributed by atoms with E-state index in [0.29, 0.717) is 5.56 Å². The van der Waals surface area contributed by atoms with Gasteiger partial charge in [-0.05, 0) is 42.8 Å². The van der Waals surface area contributed by atoms with Gasteiger partial charge in [-0.15, -0.1) is 0 Å². The molecule has 0 amide bonds. The van der Waals surface area contributed by atoms with Gasteiger partial charge in [-0.3, -0.25) is 0 Å². The fourth-order valence-electron chi connectivity index (χ4n) is 6.26. The van der Waals surface area contributed by atoms with Crippen LogP contribution in [0.4, 0.5) is 0 Å². The Kier molecular flexibility index (Phi) is 11.6. The number of hydrogen-bond acceptors (Lipinski definition) is 17. The highest BCUT2D eigenvalue weighted by Gasteiger charge is 2.49. The number of hydrogen-bond donors (Lipinski definition) is 10. The summed E-state index contributed by atoms with van der Waals surface area (Å²) in [6.07, 6.45) is -13.3. The lowest BCUT2D eigenvalue weighted by atomic mass is 9.98. The number of fused-ring (bicyclic) bond motifs is 1. The molecule has 3 aromatic rings. The molecule has 3 aliphatic rings. The zero-order valence-electron chi connectivity index (χ0n) is 29.2. The molecule has 0 spiro atoms. The van der Waals surface area contributed by atoms with E-state index in [-0.39, 0.29) is 45.6 Å². The van der Waals surface area contributed by atoms with Crippen molar-refractivity contribution in [2.24, 2.45) is 0 Å². The van der Waals surface area contributed by atoms with Gasteiger partial charge in [0, 0.05) is 18.2 Å². The molecule has 0 saturated carbocycles. The SMILES string of the molecule is COc1cc(C2[OH+]c3cc(O)cc(O)c3C=C2O[C@@H]2O[C@@H](CO[C@@H]3O[C@H](C)[C@H](OC(=O)/C=C/c4ccc(O)cc4)[C@H](O)[C@@H]3O)[C@H](O)[C@H](O)[C@H]2O)cc(O)c1O. The number of aromatic hydroxyl groups is 6. The second-order valence-corrected chi connectivity index (χ2v) is 13.0. The van der Waals surface area contributed by atoms with Gasteiger partial charge in [0.05, 0.1) is 31.5 Å². The maximum Gasteiger partial charge on any atom is 0.331 e. The highest BCUT2D eigenvalue weighted by atomic mass is 16.7. The molecule has 18 nitrogen and oxygen atoms in total. The smallest absolute Gasteiger partial charge is 0.331 e. The lowest BCUT2D eigenvalue weighted by molar-refractivity contribution is -0.325. The molecule has 11 N–H and O–H groups in total. The van der Waals surface area contributed by atoms with E-state index in [4.69, 9.17) is 28.4 Å². The Labute approximate surface area is 312 Å². The molecule has 11 atom stereocenters. The van der Waals surface area contributed by atoms with E-state index >= 15 is 0 Å². The highest BCUT2D eigenvalue weighted by Crippen LogP contribution is 2.48. The summed E-state index contributed by atoms with van der Waals surface area (Å²) in [5, 5.41) is 105. The van der Waals surface area contributed by atoms with Crippen molar-refractivity contribution in [2.75, 3.05) is 13.7 Å². The first kappa shape index (κ1) is 39.4. The van der Waals surface area contributed by atoms with E-state index in [2.05, 4.69) is 4.74 Å². The van der Waals surface area contributed by atoms with Crippen LogP contribution in [-0.2, 0) is 28.5 Å². The van der Waals surface area contributed by atoms with Crippen molar-refractivity contribution >= 4 is 18.1 Å². The predicted octanol–water partition coefficient (Wildman–Crippen LogP) is 0.493. The Hall–Kier alpha value is -5.31. The Balaban J connectivity index is 1.15. The van der Waals surface area contributed by atoms with E-state index in [0.717, 1.165) is 18.2 Å². The van der Waals surface area contributed by atoms with Crippen LogP contribution in [0.1, 0.15) is 29.7 Å². The Morgan fingerprint density at radius 1 is 0.818 bits per heavy atom. The third-order valence-corrected chi connectivity index (χ3v) is 9.24. The van der Waals surface area contributed by atoms with Crippen LogP contribution in [0.15, 0.2) is 60.4 Å². The zero-order valence-corrected chi connectivity index (χ0v) is 29.2. The number of ether oxygens (including phenoxy) is 7. The normalized spacial score (nSPS) is 30.5. The van der Waals surface area contributed by atoms with Gasteiger partial charge in [0.15, 0.2) is 29.7 Å². The Morgan fingerprint density at radius 2 is 1.53 bits per heavy atom. The maximum absolute atomic E-state index is 12.5. The monoisotopic (exact) mass is 773 g/mol. The summed E-state index contributed by atoms with van der Waals surface area (Å²) < 4.78 is 38.2. The number of carbonyl (C=O) groups excluding carboxylic acids is 1. The van der Waals surface area contributed by atoms with Crippen molar-refractivity contribution in [3.8, 4) is 40.2 Å². The van der Waals surface area contributed by atoms with Crippen LogP contribution in [0.5, 0.6) is 40.2 Å². The fraction of sp³-hybridized carbons (Fsp3) is 0.378. The molecular weight excluding hydrogens is 732 g/mol. The summed E-state index contributed by atoms with van der Waals surface area (Å²) in [6, 6.07) is 10.8. The van der Waals surface area contributed by atoms with Crippen LogP contribution in [0, 0.1) is 0 Å². The molecule has 6 rings (SSSR count). The molecule has 1 unspecified atom stereocenters. The summed E-state index contributed by atoms with van der Waals surface area (Å²) in [6.45, 7) is 0.869. The quantitative estimate of drug-likeness (QED) is 0.0581. The lowest BCUT2D eigenvalue weighted by Crippen LogP contribution is -2.61. The van der Waals surface area contributed by atoms with Crippen molar-refractivity contribution < 1.29 is 89.0 Å². The van der Waals surface area contributed by atoms with Gasteiger partial charge in [-0.2, -0.15) is 0 Å². The molecule has 296 valence electrons. The Morgan fingerprint density at radius 3 is 2.24 bits per heavy atom. The molecule has 3 heterocycles. The average molecular weight is 774 g/mol. The summed E-state index contributed by atoms with van der Waals surface area (Å²) in [7, 11) is 1.25. The van der Waals surface area contributed by atoms with Crippen LogP contribution in [-0.4, -0.2) is 137 Å². The number of carbonyl (C=O) groups is 1. The third-order valence-electron chi connectivity index (χ3n) is 9.24. The van der Waals surface area contributed by atoms with Gasteiger partial charge in [-0.1, -0.05) is 12.1 Å². The van der Waals surface area contributed by atoms with E-state index < -0.39 is 91.6 Å². The number of aliphatic hydroxyl groups is 6. The number of phenols is 5. The van der Waals surface area contributed by atoms with Crippen LogP contribution >= 0.6 is 0 Å². The summed E-state index contributed by atoms with van der Waals surface area (Å²) in [4.78, 5) is 12.5. The largest absolute Gasteiger partial charge is 0.571 e. The van der Waals surface area contributed by atoms with Gasteiger partial charge >= 0.3 is 5.97 Å². The molecule has 18 heteroatoms. The number of benzene rings is 3. The first-order chi connectivity index (χ1) is 26.1. The molecule has 2 saturated heterocycles. The first-order valence-electron chi connectivity index (χ1n) is 16.9. The molecule has 0 radical (unpaired) electrons. The van der Waals surface area contributed by atoms with Crippen molar-refractivity contribution in [1.29, 1.82) is 0 Å². The molecule has 0 aromatic heterocycles. The van der Waals surface area contributed by atoms with E-state index in [1.807, 2.05) is 0 Å². The minimum atomic E-state index is -1.87. The summed E-state index contributed by atoms with van der Waals surface area (Å²) >= 11 is 0. The van der Waals surface area contributed by atoms with Crippen LogP contribution in [0.2, 0.25) is 0 Å². The maximum atomic E-state index is 12.5. The summed E-state index contributed by atoms with van der Waals surface area (Å²) in [5.74, 6) is -2.76. The average Bonchev–Trinajstić information content (AvgIpc) is 3.15.